The lowest BCUT2D eigenvalue weighted by atomic mass is 10.0. The summed E-state index contributed by atoms with van der Waals surface area (Å²) in [6.45, 7) is 5.22. The van der Waals surface area contributed by atoms with Crippen molar-refractivity contribution in [3.8, 4) is 0 Å². The van der Waals surface area contributed by atoms with Crippen molar-refractivity contribution in [2.45, 2.75) is 173 Å². The molecular formula is C38H63FN6O8. The molecule has 15 heteroatoms. The molecule has 1 aliphatic rings. The fourth-order valence-corrected chi connectivity index (χ4v) is 6.29. The number of carbonyl (C=O) groups is 3. The van der Waals surface area contributed by atoms with Gasteiger partial charge >= 0.3 is 17.9 Å². The van der Waals surface area contributed by atoms with Crippen molar-refractivity contribution in [3.63, 3.8) is 0 Å². The number of aromatic amines is 1. The first-order chi connectivity index (χ1) is 25.5. The lowest BCUT2D eigenvalue weighted by Gasteiger charge is -2.20. The zero-order valence-electron chi connectivity index (χ0n) is 32.0. The number of hydrogen-bond acceptors (Lipinski definition) is 12. The minimum Gasteiger partial charge on any atom is -0.463 e. The Morgan fingerprint density at radius 3 is 2.15 bits per heavy atom. The van der Waals surface area contributed by atoms with Crippen LogP contribution in [0.4, 0.5) is 10.3 Å². The van der Waals surface area contributed by atoms with Gasteiger partial charge < -0.3 is 30.4 Å². The van der Waals surface area contributed by atoms with Gasteiger partial charge in [-0.25, -0.2) is 9.37 Å². The van der Waals surface area contributed by atoms with Gasteiger partial charge in [-0.2, -0.15) is 4.98 Å². The van der Waals surface area contributed by atoms with Crippen LogP contribution in [0.5, 0.6) is 0 Å². The Labute approximate surface area is 312 Å². The largest absolute Gasteiger partial charge is 0.463 e. The lowest BCUT2D eigenvalue weighted by Crippen LogP contribution is -2.38. The molecule has 14 nitrogen and oxygen atoms in total. The van der Waals surface area contributed by atoms with Gasteiger partial charge in [0.15, 0.2) is 11.2 Å². The molecule has 1 fully saturated rings. The maximum Gasteiger partial charge on any atom is 0.323 e. The van der Waals surface area contributed by atoms with Gasteiger partial charge in [-0.3, -0.25) is 28.7 Å². The number of aromatic nitrogens is 4. The first kappa shape index (κ1) is 43.8. The molecule has 3 heterocycles. The monoisotopic (exact) mass is 750 g/mol. The molecule has 3 rings (SSSR count). The summed E-state index contributed by atoms with van der Waals surface area (Å²) in [5.74, 6) is -1.98. The quantitative estimate of drug-likeness (QED) is 0.0519. The van der Waals surface area contributed by atoms with E-state index in [4.69, 9.17) is 30.4 Å². The summed E-state index contributed by atoms with van der Waals surface area (Å²) in [7, 11) is 0. The molecule has 0 saturated carbocycles. The van der Waals surface area contributed by atoms with Gasteiger partial charge in [-0.15, -0.1) is 0 Å². The second-order valence-electron chi connectivity index (χ2n) is 14.6. The number of hydrogen-bond donors (Lipinski definition) is 3. The molecule has 0 aromatic carbocycles. The number of esters is 3. The third kappa shape index (κ3) is 15.7. The number of alkyl halides is 1. The van der Waals surface area contributed by atoms with E-state index in [1.165, 1.54) is 81.5 Å². The molecule has 0 aliphatic carbocycles. The van der Waals surface area contributed by atoms with Gasteiger partial charge in [0.05, 0.1) is 6.33 Å². The fraction of sp³-hybridized carbons (Fsp3) is 0.789. The number of fused-ring (bicyclic) bond motifs is 1. The standard InChI is InChI=1S/C38H63FN6O8/c1-4-5-6-7-8-9-10-11-12-13-14-15-16-17-18-19-32(47)52-27(23-51-37(49)33(40)26(2)3)20-21-31(46)50-24-29-28(39)22-30(53-29)45-25-42-34-35(45)43-38(41)44-36(34)48/h25-30,33H,4-24,40H2,1-3H3,(H3,41,43,44,48)/t27?,28-,29+,30+,33-/m0/s1. The van der Waals surface area contributed by atoms with E-state index in [1.54, 1.807) is 13.8 Å². The van der Waals surface area contributed by atoms with Crippen LogP contribution in [-0.2, 0) is 33.3 Å². The van der Waals surface area contributed by atoms with E-state index in [1.807, 2.05) is 0 Å². The van der Waals surface area contributed by atoms with E-state index in [9.17, 15) is 23.6 Å². The Bertz CT molecular complexity index is 1450. The summed E-state index contributed by atoms with van der Waals surface area (Å²) < 4.78 is 38.4. The number of imidazole rings is 1. The Morgan fingerprint density at radius 1 is 0.943 bits per heavy atom. The minimum absolute atomic E-state index is 0.0312. The average molecular weight is 751 g/mol. The van der Waals surface area contributed by atoms with Crippen LogP contribution in [0.1, 0.15) is 149 Å². The number of halogens is 1. The molecular weight excluding hydrogens is 687 g/mol. The number of rotatable bonds is 27. The van der Waals surface area contributed by atoms with E-state index < -0.39 is 54.1 Å². The molecule has 5 N–H and O–H groups in total. The molecule has 0 bridgehead atoms. The van der Waals surface area contributed by atoms with Crippen LogP contribution < -0.4 is 17.0 Å². The summed E-state index contributed by atoms with van der Waals surface area (Å²) >= 11 is 0. The highest BCUT2D eigenvalue weighted by atomic mass is 19.1. The van der Waals surface area contributed by atoms with Gasteiger partial charge in [0, 0.05) is 19.3 Å². The van der Waals surface area contributed by atoms with Crippen molar-refractivity contribution in [1.29, 1.82) is 0 Å². The normalized spacial score (nSPS) is 18.3. The van der Waals surface area contributed by atoms with Crippen molar-refractivity contribution in [2.24, 2.45) is 11.7 Å². The van der Waals surface area contributed by atoms with Gasteiger partial charge in [0.25, 0.3) is 5.56 Å². The Hall–Kier alpha value is -3.59. The van der Waals surface area contributed by atoms with Crippen molar-refractivity contribution in [2.75, 3.05) is 18.9 Å². The van der Waals surface area contributed by atoms with Crippen LogP contribution in [0.3, 0.4) is 0 Å². The summed E-state index contributed by atoms with van der Waals surface area (Å²) in [6.07, 6.45) is 15.4. The number of unbranched alkanes of at least 4 members (excludes halogenated alkanes) is 14. The SMILES string of the molecule is CCCCCCCCCCCCCCCCCC(=O)OC(CCC(=O)OC[C@H]1O[C@@H](n2cnc3c(=O)[nH]c(N)nc32)C[C@@H]1F)COC(=O)[C@@H](N)C(C)C. The summed E-state index contributed by atoms with van der Waals surface area (Å²) in [4.78, 5) is 60.3. The van der Waals surface area contributed by atoms with E-state index >= 15 is 0 Å². The van der Waals surface area contributed by atoms with Crippen LogP contribution in [0.25, 0.3) is 11.2 Å². The van der Waals surface area contributed by atoms with Crippen molar-refractivity contribution < 1.29 is 37.7 Å². The van der Waals surface area contributed by atoms with Gasteiger partial charge in [0.1, 0.15) is 43.9 Å². The van der Waals surface area contributed by atoms with Crippen LogP contribution in [-0.4, -0.2) is 75.1 Å². The molecule has 5 atom stereocenters. The summed E-state index contributed by atoms with van der Waals surface area (Å²) in [5.41, 5.74) is 11.2. The molecule has 0 radical (unpaired) electrons. The molecule has 1 saturated heterocycles. The maximum atomic E-state index is 14.9. The minimum atomic E-state index is -1.47. The second-order valence-corrected chi connectivity index (χ2v) is 14.6. The molecule has 2 aromatic rings. The third-order valence-electron chi connectivity index (χ3n) is 9.69. The van der Waals surface area contributed by atoms with Crippen LogP contribution in [0, 0.1) is 5.92 Å². The van der Waals surface area contributed by atoms with Crippen LogP contribution >= 0.6 is 0 Å². The second kappa shape index (κ2) is 23.9. The zero-order chi connectivity index (χ0) is 38.6. The molecule has 53 heavy (non-hydrogen) atoms. The molecule has 0 spiro atoms. The summed E-state index contributed by atoms with van der Waals surface area (Å²) in [6, 6.07) is -0.838. The molecule has 1 unspecified atom stereocenters. The van der Waals surface area contributed by atoms with E-state index in [-0.39, 0.29) is 61.9 Å². The number of nitrogens with one attached hydrogen (secondary N) is 1. The number of ether oxygens (including phenoxy) is 4. The van der Waals surface area contributed by atoms with Crippen LogP contribution in [0.2, 0.25) is 0 Å². The highest BCUT2D eigenvalue weighted by molar-refractivity contribution is 5.76. The fourth-order valence-electron chi connectivity index (χ4n) is 6.29. The molecule has 1 aliphatic heterocycles. The maximum absolute atomic E-state index is 14.9. The van der Waals surface area contributed by atoms with Crippen molar-refractivity contribution >= 4 is 35.0 Å². The lowest BCUT2D eigenvalue weighted by molar-refractivity contribution is -0.162. The highest BCUT2D eigenvalue weighted by Gasteiger charge is 2.38. The highest BCUT2D eigenvalue weighted by Crippen LogP contribution is 2.32. The van der Waals surface area contributed by atoms with Gasteiger partial charge in [-0.1, -0.05) is 111 Å². The number of nitrogens with two attached hydrogens (primary N) is 2. The molecule has 0 amide bonds. The van der Waals surface area contributed by atoms with Crippen molar-refractivity contribution in [3.05, 3.63) is 16.7 Å². The Kier molecular flexibility index (Phi) is 19.8. The van der Waals surface area contributed by atoms with Crippen molar-refractivity contribution in [1.82, 2.24) is 19.5 Å². The van der Waals surface area contributed by atoms with E-state index in [0.29, 0.717) is 6.42 Å². The number of nitrogens with zero attached hydrogens (tertiary/aromatic N) is 3. The first-order valence-electron chi connectivity index (χ1n) is 19.8. The number of nitrogen functional groups attached to an aromatic ring is 1. The summed E-state index contributed by atoms with van der Waals surface area (Å²) in [5, 5.41) is 0. The Balaban J connectivity index is 1.36. The van der Waals surface area contributed by atoms with Gasteiger partial charge in [0.2, 0.25) is 5.95 Å². The number of carbonyl (C=O) groups excluding carboxylic acids is 3. The smallest absolute Gasteiger partial charge is 0.323 e. The zero-order valence-corrected chi connectivity index (χ0v) is 32.0. The molecule has 2 aromatic heterocycles. The van der Waals surface area contributed by atoms with E-state index in [2.05, 4.69) is 21.9 Å². The van der Waals surface area contributed by atoms with Crippen LogP contribution in [0.15, 0.2) is 11.1 Å². The Morgan fingerprint density at radius 2 is 1.55 bits per heavy atom. The van der Waals surface area contributed by atoms with E-state index in [0.717, 1.165) is 19.3 Å². The number of anilines is 1. The predicted octanol–water partition coefficient (Wildman–Crippen LogP) is 6.35. The topological polar surface area (TPSA) is 204 Å². The first-order valence-corrected chi connectivity index (χ1v) is 19.8. The number of H-pyrrole nitrogens is 1. The van der Waals surface area contributed by atoms with Gasteiger partial charge in [-0.05, 0) is 18.8 Å². The predicted molar refractivity (Wildman–Crippen MR) is 199 cm³/mol. The third-order valence-corrected chi connectivity index (χ3v) is 9.69. The average Bonchev–Trinajstić information content (AvgIpc) is 3.72. The molecule has 300 valence electrons.